The average molecular weight is 321 g/mol. The zero-order valence-electron chi connectivity index (χ0n) is 11.4. The maximum absolute atomic E-state index is 12.4. The normalized spacial score (nSPS) is 11.0. The van der Waals surface area contributed by atoms with E-state index in [4.69, 9.17) is 0 Å². The fourth-order valence-electron chi connectivity index (χ4n) is 1.71. The number of nitrogens with zero attached hydrogens (tertiary/aromatic N) is 2. The standard InChI is InChI=1S/C13H11N3O5S/c1-14-13(17)12-8-11(6-7-15-12)22(20,21)10-4-2-9(3-5-10)16(18)19/h2-8H,1H3,(H,14,17). The van der Waals surface area contributed by atoms with Crippen molar-refractivity contribution in [3.05, 3.63) is 58.4 Å². The van der Waals surface area contributed by atoms with Crippen LogP contribution < -0.4 is 5.32 Å². The Hall–Kier alpha value is -2.81. The molecule has 0 atom stereocenters. The Morgan fingerprint density at radius 3 is 2.36 bits per heavy atom. The molecule has 22 heavy (non-hydrogen) atoms. The van der Waals surface area contributed by atoms with Gasteiger partial charge in [0.1, 0.15) is 5.69 Å². The maximum atomic E-state index is 12.4. The topological polar surface area (TPSA) is 119 Å². The molecule has 0 aliphatic carbocycles. The lowest BCUT2D eigenvalue weighted by Crippen LogP contribution is -2.19. The number of pyridine rings is 1. The second kappa shape index (κ2) is 5.90. The molecule has 8 nitrogen and oxygen atoms in total. The third kappa shape index (κ3) is 2.93. The predicted octanol–water partition coefficient (Wildman–Crippen LogP) is 1.18. The van der Waals surface area contributed by atoms with Crippen molar-refractivity contribution in [1.82, 2.24) is 10.3 Å². The number of hydrogen-bond acceptors (Lipinski definition) is 6. The van der Waals surface area contributed by atoms with Crippen molar-refractivity contribution in [2.75, 3.05) is 7.05 Å². The molecule has 0 radical (unpaired) electrons. The highest BCUT2D eigenvalue weighted by atomic mass is 32.2. The number of carbonyl (C=O) groups excluding carboxylic acids is 1. The van der Waals surface area contributed by atoms with Crippen molar-refractivity contribution in [3.8, 4) is 0 Å². The molecule has 0 saturated carbocycles. The molecule has 1 amide bonds. The van der Waals surface area contributed by atoms with E-state index in [0.29, 0.717) is 0 Å². The molecule has 0 aliphatic heterocycles. The minimum absolute atomic E-state index is 0.0366. The zero-order chi connectivity index (χ0) is 16.3. The summed E-state index contributed by atoms with van der Waals surface area (Å²) in [5, 5.41) is 12.9. The number of benzene rings is 1. The van der Waals surface area contributed by atoms with E-state index < -0.39 is 20.7 Å². The summed E-state index contributed by atoms with van der Waals surface area (Å²) in [6.07, 6.45) is 1.21. The van der Waals surface area contributed by atoms with Crippen LogP contribution in [0.4, 0.5) is 5.69 Å². The van der Waals surface area contributed by atoms with Crippen LogP contribution in [0.2, 0.25) is 0 Å². The maximum Gasteiger partial charge on any atom is 0.269 e. The molecule has 114 valence electrons. The van der Waals surface area contributed by atoms with E-state index in [1.54, 1.807) is 0 Å². The summed E-state index contributed by atoms with van der Waals surface area (Å²) in [5.74, 6) is -0.513. The van der Waals surface area contributed by atoms with Crippen molar-refractivity contribution < 1.29 is 18.1 Å². The smallest absolute Gasteiger partial charge is 0.269 e. The molecule has 1 aromatic heterocycles. The lowest BCUT2D eigenvalue weighted by Gasteiger charge is -2.06. The number of amides is 1. The van der Waals surface area contributed by atoms with Crippen molar-refractivity contribution in [1.29, 1.82) is 0 Å². The Morgan fingerprint density at radius 2 is 1.82 bits per heavy atom. The fourth-order valence-corrected chi connectivity index (χ4v) is 2.99. The number of nitrogens with one attached hydrogen (secondary N) is 1. The van der Waals surface area contributed by atoms with Crippen molar-refractivity contribution in [3.63, 3.8) is 0 Å². The highest BCUT2D eigenvalue weighted by Crippen LogP contribution is 2.23. The predicted molar refractivity (Wildman–Crippen MR) is 76.2 cm³/mol. The van der Waals surface area contributed by atoms with Gasteiger partial charge in [-0.1, -0.05) is 0 Å². The van der Waals surface area contributed by atoms with Gasteiger partial charge >= 0.3 is 0 Å². The van der Waals surface area contributed by atoms with E-state index in [1.807, 2.05) is 0 Å². The quantitative estimate of drug-likeness (QED) is 0.667. The highest BCUT2D eigenvalue weighted by molar-refractivity contribution is 7.91. The lowest BCUT2D eigenvalue weighted by molar-refractivity contribution is -0.384. The fraction of sp³-hybridized carbons (Fsp3) is 0.0769. The van der Waals surface area contributed by atoms with E-state index in [-0.39, 0.29) is 21.2 Å². The molecule has 2 aromatic rings. The summed E-state index contributed by atoms with van der Waals surface area (Å²) in [7, 11) is -2.48. The van der Waals surface area contributed by atoms with Gasteiger partial charge in [0.2, 0.25) is 9.84 Å². The van der Waals surface area contributed by atoms with E-state index in [9.17, 15) is 23.3 Å². The summed E-state index contributed by atoms with van der Waals surface area (Å²) in [6, 6.07) is 6.90. The average Bonchev–Trinajstić information content (AvgIpc) is 2.54. The monoisotopic (exact) mass is 321 g/mol. The number of sulfone groups is 1. The van der Waals surface area contributed by atoms with Crippen LogP contribution in [0, 0.1) is 10.1 Å². The first-order valence-electron chi connectivity index (χ1n) is 6.04. The second-order valence-corrected chi connectivity index (χ2v) is 6.16. The second-order valence-electron chi connectivity index (χ2n) is 4.21. The van der Waals surface area contributed by atoms with Crippen LogP contribution in [0.15, 0.2) is 52.4 Å². The Labute approximate surface area is 125 Å². The van der Waals surface area contributed by atoms with E-state index in [1.165, 1.54) is 19.3 Å². The summed E-state index contributed by atoms with van der Waals surface area (Å²) < 4.78 is 24.9. The third-order valence-corrected chi connectivity index (χ3v) is 4.63. The number of aromatic nitrogens is 1. The Kier molecular flexibility index (Phi) is 4.18. The van der Waals surface area contributed by atoms with Gasteiger partial charge in [-0.05, 0) is 24.3 Å². The van der Waals surface area contributed by atoms with Crippen LogP contribution in [0.1, 0.15) is 10.5 Å². The molecular formula is C13H11N3O5S. The number of rotatable bonds is 4. The molecule has 0 unspecified atom stereocenters. The first-order chi connectivity index (χ1) is 10.4. The van der Waals surface area contributed by atoms with Crippen LogP contribution in [-0.4, -0.2) is 31.3 Å². The number of hydrogen-bond donors (Lipinski definition) is 1. The molecule has 0 aliphatic rings. The molecule has 0 bridgehead atoms. The van der Waals surface area contributed by atoms with Crippen LogP contribution in [0.25, 0.3) is 0 Å². The summed E-state index contributed by atoms with van der Waals surface area (Å²) in [6.45, 7) is 0. The van der Waals surface area contributed by atoms with Crippen molar-refractivity contribution in [2.24, 2.45) is 0 Å². The number of non-ortho nitro benzene ring substituents is 1. The minimum atomic E-state index is -3.89. The van der Waals surface area contributed by atoms with Gasteiger partial charge < -0.3 is 5.32 Å². The highest BCUT2D eigenvalue weighted by Gasteiger charge is 2.20. The van der Waals surface area contributed by atoms with E-state index >= 15 is 0 Å². The van der Waals surface area contributed by atoms with E-state index in [0.717, 1.165) is 30.3 Å². The molecule has 1 heterocycles. The Balaban J connectivity index is 2.46. The van der Waals surface area contributed by atoms with Gasteiger partial charge in [0.25, 0.3) is 11.6 Å². The SMILES string of the molecule is CNC(=O)c1cc(S(=O)(=O)c2ccc([N+](=O)[O-])cc2)ccn1. The van der Waals surface area contributed by atoms with Crippen LogP contribution >= 0.6 is 0 Å². The molecule has 9 heteroatoms. The number of nitro benzene ring substituents is 1. The molecular weight excluding hydrogens is 310 g/mol. The molecule has 1 aromatic carbocycles. The molecule has 0 saturated heterocycles. The minimum Gasteiger partial charge on any atom is -0.354 e. The molecule has 2 rings (SSSR count). The Bertz CT molecular complexity index is 831. The summed E-state index contributed by atoms with van der Waals surface area (Å²) in [5.41, 5.74) is -0.245. The van der Waals surface area contributed by atoms with Crippen LogP contribution in [0.5, 0.6) is 0 Å². The summed E-state index contributed by atoms with van der Waals surface area (Å²) >= 11 is 0. The lowest BCUT2D eigenvalue weighted by atomic mass is 10.3. The van der Waals surface area contributed by atoms with Gasteiger partial charge in [-0.2, -0.15) is 0 Å². The van der Waals surface area contributed by atoms with Gasteiger partial charge in [0.05, 0.1) is 14.7 Å². The van der Waals surface area contributed by atoms with Gasteiger partial charge in [-0.25, -0.2) is 8.42 Å². The van der Waals surface area contributed by atoms with Crippen molar-refractivity contribution >= 4 is 21.4 Å². The Morgan fingerprint density at radius 1 is 1.18 bits per heavy atom. The third-order valence-electron chi connectivity index (χ3n) is 2.86. The van der Waals surface area contributed by atoms with Crippen molar-refractivity contribution in [2.45, 2.75) is 9.79 Å². The van der Waals surface area contributed by atoms with Gasteiger partial charge in [0, 0.05) is 25.4 Å². The molecule has 0 fully saturated rings. The zero-order valence-corrected chi connectivity index (χ0v) is 12.2. The molecule has 1 N–H and O–H groups in total. The first kappa shape index (κ1) is 15.6. The van der Waals surface area contributed by atoms with E-state index in [2.05, 4.69) is 10.3 Å². The van der Waals surface area contributed by atoms with Crippen LogP contribution in [0.3, 0.4) is 0 Å². The van der Waals surface area contributed by atoms with Gasteiger partial charge in [-0.3, -0.25) is 19.9 Å². The number of nitro groups is 1. The summed E-state index contributed by atoms with van der Waals surface area (Å²) in [4.78, 5) is 25.0. The van der Waals surface area contributed by atoms with Gasteiger partial charge in [-0.15, -0.1) is 0 Å². The van der Waals surface area contributed by atoms with Gasteiger partial charge in [0.15, 0.2) is 0 Å². The largest absolute Gasteiger partial charge is 0.354 e. The molecule has 0 spiro atoms. The number of carbonyl (C=O) groups is 1. The van der Waals surface area contributed by atoms with Crippen LogP contribution in [-0.2, 0) is 9.84 Å². The first-order valence-corrected chi connectivity index (χ1v) is 7.52.